The quantitative estimate of drug-likeness (QED) is 0.426. The van der Waals surface area contributed by atoms with Gasteiger partial charge in [0.15, 0.2) is 0 Å². The van der Waals surface area contributed by atoms with E-state index in [1.54, 1.807) is 0 Å². The molecule has 0 aliphatic carbocycles. The van der Waals surface area contributed by atoms with Crippen LogP contribution in [0.3, 0.4) is 0 Å². The minimum atomic E-state index is -0.186. The minimum absolute atomic E-state index is 0. The molecule has 0 saturated carbocycles. The molecule has 2 atom stereocenters. The maximum atomic E-state index is 3.25. The summed E-state index contributed by atoms with van der Waals surface area (Å²) in [5, 5.41) is -0.186. The molecule has 0 aromatic heterocycles. The number of rotatable bonds is 5. The zero-order valence-corrected chi connectivity index (χ0v) is 18.4. The van der Waals surface area contributed by atoms with Gasteiger partial charge in [0.05, 0.1) is 11.2 Å². The molecule has 0 amide bonds. The van der Waals surface area contributed by atoms with Crippen LogP contribution in [0.25, 0.3) is 0 Å². The molecule has 1 aliphatic rings. The highest BCUT2D eigenvalue weighted by molar-refractivity contribution is 8.93. The molecule has 3 heteroatoms. The number of hydrogen-bond donors (Lipinski definition) is 0. The van der Waals surface area contributed by atoms with Gasteiger partial charge in [0.2, 0.25) is 0 Å². The van der Waals surface area contributed by atoms with Gasteiger partial charge in [-0.25, -0.2) is 0 Å². The standard InChI is InChI=1S/C24H26NP.BrH/c26-24(21-14-6-2-7-15-21,22-16-8-3-9-17-22)23(25-18-10-11-19-25)20-12-4-1-5-13-20;/h1-9,12-17,23H,10-11,18-19,26H2;1H. The van der Waals surface area contributed by atoms with E-state index in [2.05, 4.69) is 105 Å². The fraction of sp³-hybridized carbons (Fsp3) is 0.250. The summed E-state index contributed by atoms with van der Waals surface area (Å²) in [5.41, 5.74) is 4.08. The van der Waals surface area contributed by atoms with Crippen LogP contribution in [-0.4, -0.2) is 18.0 Å². The van der Waals surface area contributed by atoms with E-state index < -0.39 is 0 Å². The zero-order valence-electron chi connectivity index (χ0n) is 15.5. The Hall–Kier alpha value is -1.47. The molecule has 1 aliphatic heterocycles. The summed E-state index contributed by atoms with van der Waals surface area (Å²) < 4.78 is 0. The lowest BCUT2D eigenvalue weighted by molar-refractivity contribution is 0.211. The van der Waals surface area contributed by atoms with Gasteiger partial charge in [0.1, 0.15) is 0 Å². The Morgan fingerprint density at radius 1 is 0.667 bits per heavy atom. The Labute approximate surface area is 175 Å². The van der Waals surface area contributed by atoms with Gasteiger partial charge >= 0.3 is 0 Å². The molecule has 1 nitrogen and oxygen atoms in total. The van der Waals surface area contributed by atoms with Crippen molar-refractivity contribution in [2.75, 3.05) is 13.1 Å². The SMILES string of the molecule is Br.PC(c1ccccc1)(c1ccccc1)C(c1ccccc1)N1CCCC1. The fourth-order valence-electron chi connectivity index (χ4n) is 4.31. The van der Waals surface area contributed by atoms with Crippen molar-refractivity contribution in [3.63, 3.8) is 0 Å². The van der Waals surface area contributed by atoms with Crippen LogP contribution >= 0.6 is 26.2 Å². The van der Waals surface area contributed by atoms with E-state index in [1.807, 2.05) is 0 Å². The first-order valence-corrected chi connectivity index (χ1v) is 10.1. The van der Waals surface area contributed by atoms with Crippen molar-refractivity contribution >= 4 is 26.2 Å². The molecule has 140 valence electrons. The van der Waals surface area contributed by atoms with E-state index in [9.17, 15) is 0 Å². The molecule has 0 spiro atoms. The largest absolute Gasteiger partial charge is 0.295 e. The predicted molar refractivity (Wildman–Crippen MR) is 124 cm³/mol. The third-order valence-electron chi connectivity index (χ3n) is 5.56. The van der Waals surface area contributed by atoms with Crippen LogP contribution in [0.2, 0.25) is 0 Å². The average molecular weight is 440 g/mol. The second-order valence-electron chi connectivity index (χ2n) is 7.16. The average Bonchev–Trinajstić information content (AvgIpc) is 3.24. The Morgan fingerprint density at radius 2 is 1.07 bits per heavy atom. The summed E-state index contributed by atoms with van der Waals surface area (Å²) in [6, 6.07) is 33.2. The Balaban J connectivity index is 0.00000210. The lowest BCUT2D eigenvalue weighted by Crippen LogP contribution is -2.40. The molecule has 1 heterocycles. The molecular weight excluding hydrogens is 413 g/mol. The summed E-state index contributed by atoms with van der Waals surface area (Å²) in [7, 11) is 3.25. The normalized spacial score (nSPS) is 15.9. The second-order valence-corrected chi connectivity index (χ2v) is 8.07. The van der Waals surface area contributed by atoms with Crippen molar-refractivity contribution in [3.05, 3.63) is 108 Å². The third kappa shape index (κ3) is 4.04. The van der Waals surface area contributed by atoms with E-state index in [0.717, 1.165) is 13.1 Å². The maximum absolute atomic E-state index is 3.25. The predicted octanol–water partition coefficient (Wildman–Crippen LogP) is 6.22. The first kappa shape index (κ1) is 20.3. The molecule has 1 saturated heterocycles. The third-order valence-corrected chi connectivity index (χ3v) is 6.54. The topological polar surface area (TPSA) is 3.24 Å². The molecule has 0 radical (unpaired) electrons. The van der Waals surface area contributed by atoms with Gasteiger partial charge in [-0.2, -0.15) is 0 Å². The highest BCUT2D eigenvalue weighted by Gasteiger charge is 2.42. The van der Waals surface area contributed by atoms with Crippen LogP contribution in [0, 0.1) is 0 Å². The van der Waals surface area contributed by atoms with Crippen molar-refractivity contribution in [1.82, 2.24) is 4.90 Å². The number of nitrogens with zero attached hydrogens (tertiary/aromatic N) is 1. The van der Waals surface area contributed by atoms with E-state index in [4.69, 9.17) is 0 Å². The van der Waals surface area contributed by atoms with Crippen LogP contribution < -0.4 is 0 Å². The number of hydrogen-bond acceptors (Lipinski definition) is 1. The summed E-state index contributed by atoms with van der Waals surface area (Å²) in [6.07, 6.45) is 2.57. The fourth-order valence-corrected chi connectivity index (χ4v) is 5.10. The Bertz CT molecular complexity index is 777. The number of benzene rings is 3. The molecule has 2 unspecified atom stereocenters. The molecule has 3 aromatic rings. The summed E-state index contributed by atoms with van der Waals surface area (Å²) in [5.74, 6) is 0. The monoisotopic (exact) mass is 439 g/mol. The summed E-state index contributed by atoms with van der Waals surface area (Å²) in [6.45, 7) is 2.32. The van der Waals surface area contributed by atoms with Gasteiger partial charge in [0.25, 0.3) is 0 Å². The molecule has 0 N–H and O–H groups in total. The Kier molecular flexibility index (Phi) is 6.87. The lowest BCUT2D eigenvalue weighted by atomic mass is 9.80. The molecule has 4 rings (SSSR count). The first-order chi connectivity index (χ1) is 12.8. The maximum Gasteiger partial charge on any atom is 0.0539 e. The highest BCUT2D eigenvalue weighted by Crippen LogP contribution is 2.52. The molecule has 27 heavy (non-hydrogen) atoms. The Morgan fingerprint density at radius 3 is 1.52 bits per heavy atom. The van der Waals surface area contributed by atoms with Gasteiger partial charge in [-0.3, -0.25) is 4.90 Å². The van der Waals surface area contributed by atoms with Crippen molar-refractivity contribution < 1.29 is 0 Å². The van der Waals surface area contributed by atoms with Gasteiger partial charge < -0.3 is 0 Å². The molecule has 3 aromatic carbocycles. The molecule has 1 fully saturated rings. The lowest BCUT2D eigenvalue weighted by Gasteiger charge is -2.44. The van der Waals surface area contributed by atoms with Gasteiger partial charge in [0, 0.05) is 0 Å². The molecular formula is C24H27BrNP. The summed E-state index contributed by atoms with van der Waals surface area (Å²) >= 11 is 0. The van der Waals surface area contributed by atoms with E-state index in [-0.39, 0.29) is 22.1 Å². The smallest absolute Gasteiger partial charge is 0.0539 e. The van der Waals surface area contributed by atoms with Crippen LogP contribution in [0.1, 0.15) is 35.6 Å². The van der Waals surface area contributed by atoms with Crippen molar-refractivity contribution in [1.29, 1.82) is 0 Å². The minimum Gasteiger partial charge on any atom is -0.295 e. The van der Waals surface area contributed by atoms with Crippen molar-refractivity contribution in [2.24, 2.45) is 0 Å². The molecule has 0 bridgehead atoms. The van der Waals surface area contributed by atoms with Crippen molar-refractivity contribution in [3.8, 4) is 0 Å². The van der Waals surface area contributed by atoms with Gasteiger partial charge in [-0.05, 0) is 42.6 Å². The zero-order chi connectivity index (χ0) is 17.8. The van der Waals surface area contributed by atoms with E-state index in [1.165, 1.54) is 29.5 Å². The second kappa shape index (κ2) is 9.15. The van der Waals surface area contributed by atoms with E-state index in [0.29, 0.717) is 6.04 Å². The van der Waals surface area contributed by atoms with E-state index >= 15 is 0 Å². The summed E-state index contributed by atoms with van der Waals surface area (Å²) in [4.78, 5) is 2.67. The highest BCUT2D eigenvalue weighted by atomic mass is 79.9. The van der Waals surface area contributed by atoms with Crippen LogP contribution in [0.15, 0.2) is 91.0 Å². The van der Waals surface area contributed by atoms with Gasteiger partial charge in [-0.15, -0.1) is 26.2 Å². The first-order valence-electron chi connectivity index (χ1n) is 9.49. The van der Waals surface area contributed by atoms with Crippen LogP contribution in [0.5, 0.6) is 0 Å². The van der Waals surface area contributed by atoms with Gasteiger partial charge in [-0.1, -0.05) is 91.0 Å². The number of likely N-dealkylation sites (tertiary alicyclic amines) is 1. The van der Waals surface area contributed by atoms with Crippen LogP contribution in [-0.2, 0) is 5.16 Å². The van der Waals surface area contributed by atoms with Crippen LogP contribution in [0.4, 0.5) is 0 Å². The number of halogens is 1. The van der Waals surface area contributed by atoms with Crippen molar-refractivity contribution in [2.45, 2.75) is 24.0 Å².